The number of rotatable bonds is 4. The molecule has 128 valence electrons. The third-order valence-electron chi connectivity index (χ3n) is 3.92. The molecule has 0 saturated heterocycles. The van der Waals surface area contributed by atoms with Gasteiger partial charge in [0.1, 0.15) is 17.3 Å². The van der Waals surface area contributed by atoms with Crippen LogP contribution in [0.4, 0.5) is 15.9 Å². The summed E-state index contributed by atoms with van der Waals surface area (Å²) in [6.07, 6.45) is 4.99. The van der Waals surface area contributed by atoms with E-state index >= 15 is 0 Å². The van der Waals surface area contributed by atoms with Crippen LogP contribution in [0.1, 0.15) is 10.4 Å². The van der Waals surface area contributed by atoms with Gasteiger partial charge in [-0.2, -0.15) is 0 Å². The van der Waals surface area contributed by atoms with Crippen LogP contribution >= 0.6 is 0 Å². The lowest BCUT2D eigenvalue weighted by Gasteiger charge is -2.09. The maximum atomic E-state index is 13.3. The van der Waals surface area contributed by atoms with Crippen LogP contribution in [0.5, 0.6) is 0 Å². The van der Waals surface area contributed by atoms with Gasteiger partial charge in [-0.15, -0.1) is 0 Å². The van der Waals surface area contributed by atoms with Crippen LogP contribution in [0, 0.1) is 5.82 Å². The highest BCUT2D eigenvalue weighted by atomic mass is 19.1. The zero-order valence-electron chi connectivity index (χ0n) is 13.4. The van der Waals surface area contributed by atoms with E-state index in [-0.39, 0.29) is 11.4 Å². The monoisotopic (exact) mass is 348 g/mol. The lowest BCUT2D eigenvalue weighted by molar-refractivity contribution is 0.0697. The first-order valence-corrected chi connectivity index (χ1v) is 7.80. The van der Waals surface area contributed by atoms with Gasteiger partial charge in [-0.1, -0.05) is 6.07 Å². The molecule has 0 radical (unpaired) electrons. The van der Waals surface area contributed by atoms with Crippen LogP contribution in [0.15, 0.2) is 67.1 Å². The number of hydrogen-bond donors (Lipinski definition) is 2. The molecule has 0 aliphatic carbocycles. The Kier molecular flexibility index (Phi) is 3.81. The molecule has 4 rings (SSSR count). The maximum absolute atomic E-state index is 13.3. The van der Waals surface area contributed by atoms with Crippen molar-refractivity contribution in [1.29, 1.82) is 0 Å². The minimum absolute atomic E-state index is 0.175. The number of benzene rings is 2. The average Bonchev–Trinajstić information content (AvgIpc) is 3.01. The van der Waals surface area contributed by atoms with E-state index in [4.69, 9.17) is 0 Å². The molecule has 0 aliphatic heterocycles. The first kappa shape index (κ1) is 15.8. The summed E-state index contributed by atoms with van der Waals surface area (Å²) in [5, 5.41) is 12.4. The van der Waals surface area contributed by atoms with E-state index < -0.39 is 5.97 Å². The summed E-state index contributed by atoms with van der Waals surface area (Å²) in [5.41, 5.74) is 2.73. The highest BCUT2D eigenvalue weighted by molar-refractivity contribution is 5.89. The first-order chi connectivity index (χ1) is 12.6. The van der Waals surface area contributed by atoms with E-state index in [0.29, 0.717) is 22.8 Å². The van der Waals surface area contributed by atoms with Gasteiger partial charge in [-0.25, -0.2) is 14.2 Å². The van der Waals surface area contributed by atoms with Gasteiger partial charge in [0.05, 0.1) is 11.8 Å². The number of nitrogens with zero attached hydrogens (tertiary/aromatic N) is 3. The number of carboxylic acids is 1. The summed E-state index contributed by atoms with van der Waals surface area (Å²) in [6, 6.07) is 12.5. The van der Waals surface area contributed by atoms with Crippen LogP contribution in [-0.2, 0) is 0 Å². The van der Waals surface area contributed by atoms with Gasteiger partial charge >= 0.3 is 5.97 Å². The van der Waals surface area contributed by atoms with E-state index in [1.165, 1.54) is 24.3 Å². The normalized spacial score (nSPS) is 10.8. The van der Waals surface area contributed by atoms with Crippen molar-refractivity contribution in [3.05, 3.63) is 78.5 Å². The van der Waals surface area contributed by atoms with Crippen LogP contribution in [-0.4, -0.2) is 25.4 Å². The van der Waals surface area contributed by atoms with Crippen molar-refractivity contribution in [3.8, 4) is 11.3 Å². The molecule has 0 fully saturated rings. The summed E-state index contributed by atoms with van der Waals surface area (Å²) in [5.74, 6) is -0.700. The van der Waals surface area contributed by atoms with Gasteiger partial charge in [-0.05, 0) is 42.5 Å². The van der Waals surface area contributed by atoms with Gasteiger partial charge < -0.3 is 10.4 Å². The second-order valence-corrected chi connectivity index (χ2v) is 5.63. The Morgan fingerprint density at radius 3 is 2.73 bits per heavy atom. The molecule has 0 saturated carbocycles. The number of anilines is 2. The summed E-state index contributed by atoms with van der Waals surface area (Å²) < 4.78 is 15.1. The standard InChI is InChI=1S/C19H13FN4O2/c20-14-6-4-12(5-7-14)17-18(24-9-8-21-11-16(24)23-17)22-15-3-1-2-13(10-15)19(25)26/h1-11,22H,(H,25,26). The minimum Gasteiger partial charge on any atom is -0.478 e. The Morgan fingerprint density at radius 2 is 1.96 bits per heavy atom. The molecule has 0 atom stereocenters. The quantitative estimate of drug-likeness (QED) is 0.583. The third kappa shape index (κ3) is 2.86. The molecular weight excluding hydrogens is 335 g/mol. The Labute approximate surface area is 147 Å². The van der Waals surface area contributed by atoms with Crippen molar-refractivity contribution in [2.45, 2.75) is 0 Å². The SMILES string of the molecule is O=C(O)c1cccc(Nc2c(-c3ccc(F)cc3)nc3cnccn23)c1. The van der Waals surface area contributed by atoms with Crippen LogP contribution in [0.2, 0.25) is 0 Å². The van der Waals surface area contributed by atoms with E-state index in [0.717, 1.165) is 5.56 Å². The largest absolute Gasteiger partial charge is 0.478 e. The molecule has 2 aromatic carbocycles. The fourth-order valence-electron chi connectivity index (χ4n) is 2.70. The molecule has 26 heavy (non-hydrogen) atoms. The Bertz CT molecular complexity index is 1110. The number of carbonyl (C=O) groups is 1. The van der Waals surface area contributed by atoms with Gasteiger partial charge in [0.2, 0.25) is 0 Å². The summed E-state index contributed by atoms with van der Waals surface area (Å²) >= 11 is 0. The Morgan fingerprint density at radius 1 is 1.15 bits per heavy atom. The maximum Gasteiger partial charge on any atom is 0.335 e. The van der Waals surface area contributed by atoms with Crippen molar-refractivity contribution in [2.24, 2.45) is 0 Å². The van der Waals surface area contributed by atoms with Crippen molar-refractivity contribution in [3.63, 3.8) is 0 Å². The van der Waals surface area contributed by atoms with Crippen molar-refractivity contribution < 1.29 is 14.3 Å². The minimum atomic E-state index is -1.00. The molecule has 2 aromatic heterocycles. The number of imidazole rings is 1. The van der Waals surface area contributed by atoms with Crippen LogP contribution in [0.25, 0.3) is 16.9 Å². The topological polar surface area (TPSA) is 79.5 Å². The highest BCUT2D eigenvalue weighted by Gasteiger charge is 2.15. The molecule has 2 heterocycles. The second kappa shape index (κ2) is 6.29. The van der Waals surface area contributed by atoms with Gasteiger partial charge in [0.25, 0.3) is 0 Å². The lowest BCUT2D eigenvalue weighted by Crippen LogP contribution is -2.00. The average molecular weight is 348 g/mol. The first-order valence-electron chi connectivity index (χ1n) is 7.80. The van der Waals surface area contributed by atoms with Crippen molar-refractivity contribution in [2.75, 3.05) is 5.32 Å². The van der Waals surface area contributed by atoms with Gasteiger partial charge in [0.15, 0.2) is 5.65 Å². The van der Waals surface area contributed by atoms with Crippen molar-refractivity contribution in [1.82, 2.24) is 14.4 Å². The molecule has 4 aromatic rings. The molecule has 0 bridgehead atoms. The molecule has 0 amide bonds. The molecule has 2 N–H and O–H groups in total. The lowest BCUT2D eigenvalue weighted by atomic mass is 10.1. The molecular formula is C19H13FN4O2. The smallest absolute Gasteiger partial charge is 0.335 e. The highest BCUT2D eigenvalue weighted by Crippen LogP contribution is 2.31. The molecule has 0 unspecified atom stereocenters. The van der Waals surface area contributed by atoms with Crippen molar-refractivity contribution >= 4 is 23.1 Å². The molecule has 0 aliphatic rings. The second-order valence-electron chi connectivity index (χ2n) is 5.63. The third-order valence-corrected chi connectivity index (χ3v) is 3.92. The number of carboxylic acid groups (broad SMARTS) is 1. The predicted molar refractivity (Wildman–Crippen MR) is 95.1 cm³/mol. The van der Waals surface area contributed by atoms with E-state index in [2.05, 4.69) is 15.3 Å². The summed E-state index contributed by atoms with van der Waals surface area (Å²) in [7, 11) is 0. The number of fused-ring (bicyclic) bond motifs is 1. The number of nitrogens with one attached hydrogen (secondary N) is 1. The predicted octanol–water partition coefficient (Wildman–Crippen LogP) is 3.98. The zero-order chi connectivity index (χ0) is 18.1. The zero-order valence-corrected chi connectivity index (χ0v) is 13.4. The molecule has 6 nitrogen and oxygen atoms in total. The molecule has 0 spiro atoms. The number of hydrogen-bond acceptors (Lipinski definition) is 4. The van der Waals surface area contributed by atoms with Crippen LogP contribution in [0.3, 0.4) is 0 Å². The van der Waals surface area contributed by atoms with Gasteiger partial charge in [-0.3, -0.25) is 9.38 Å². The van der Waals surface area contributed by atoms with E-state index in [1.54, 1.807) is 47.3 Å². The number of halogens is 1. The van der Waals surface area contributed by atoms with Gasteiger partial charge in [0, 0.05) is 23.6 Å². The fourth-order valence-corrected chi connectivity index (χ4v) is 2.70. The Balaban J connectivity index is 1.85. The molecule has 7 heteroatoms. The number of aromatic carboxylic acids is 1. The van der Waals surface area contributed by atoms with Crippen LogP contribution < -0.4 is 5.32 Å². The van der Waals surface area contributed by atoms with E-state index in [9.17, 15) is 14.3 Å². The summed E-state index contributed by atoms with van der Waals surface area (Å²) in [4.78, 5) is 19.8. The van der Waals surface area contributed by atoms with E-state index in [1.807, 2.05) is 0 Å². The Hall–Kier alpha value is -3.74. The number of aromatic nitrogens is 3. The summed E-state index contributed by atoms with van der Waals surface area (Å²) in [6.45, 7) is 0. The fraction of sp³-hybridized carbons (Fsp3) is 0.